The molecule has 0 spiro atoms. The normalized spacial score (nSPS) is 11.5. The molecule has 1 N–H and O–H groups in total. The molecule has 0 radical (unpaired) electrons. The third-order valence-electron chi connectivity index (χ3n) is 4.39. The van der Waals surface area contributed by atoms with Gasteiger partial charge in [0.15, 0.2) is 0 Å². The van der Waals surface area contributed by atoms with E-state index in [0.717, 1.165) is 12.0 Å². The molecule has 1 aromatic rings. The number of alkyl carbamates (subject to hydrolysis) is 1. The zero-order chi connectivity index (χ0) is 24.0. The van der Waals surface area contributed by atoms with Gasteiger partial charge in [-0.25, -0.2) is 14.4 Å². The van der Waals surface area contributed by atoms with Crippen LogP contribution in [0, 0.1) is 0 Å². The van der Waals surface area contributed by atoms with Crippen LogP contribution in [0.1, 0.15) is 59.4 Å². The predicted octanol–water partition coefficient (Wildman–Crippen LogP) is 3.81. The van der Waals surface area contributed by atoms with E-state index in [2.05, 4.69) is 5.32 Å². The number of carbonyl (C=O) groups is 3. The lowest BCUT2D eigenvalue weighted by Crippen LogP contribution is -2.52. The van der Waals surface area contributed by atoms with E-state index in [-0.39, 0.29) is 39.2 Å². The van der Waals surface area contributed by atoms with Crippen LogP contribution in [0.5, 0.6) is 0 Å². The molecule has 0 heterocycles. The molecule has 0 fully saturated rings. The Morgan fingerprint density at radius 3 is 2.03 bits per heavy atom. The predicted molar refractivity (Wildman–Crippen MR) is 120 cm³/mol. The Morgan fingerprint density at radius 2 is 1.50 bits per heavy atom. The molecule has 0 saturated carbocycles. The fourth-order valence-corrected chi connectivity index (χ4v) is 2.98. The van der Waals surface area contributed by atoms with E-state index >= 15 is 0 Å². The van der Waals surface area contributed by atoms with E-state index in [9.17, 15) is 14.4 Å². The minimum atomic E-state index is -1.88. The molecule has 0 aliphatic carbocycles. The van der Waals surface area contributed by atoms with Crippen LogP contribution in [0.4, 0.5) is 4.79 Å². The highest BCUT2D eigenvalue weighted by atomic mass is 16.6. The Balaban J connectivity index is 2.80. The fourth-order valence-electron chi connectivity index (χ4n) is 2.98. The Kier molecular flexibility index (Phi) is 11.8. The van der Waals surface area contributed by atoms with Crippen LogP contribution in [0.3, 0.4) is 0 Å². The Morgan fingerprint density at radius 1 is 0.906 bits per heavy atom. The molecular formula is C24H37NO7. The van der Waals surface area contributed by atoms with Gasteiger partial charge in [0.1, 0.15) is 5.60 Å². The Hall–Kier alpha value is -2.61. The molecule has 32 heavy (non-hydrogen) atoms. The molecule has 8 heteroatoms. The van der Waals surface area contributed by atoms with E-state index in [1.54, 1.807) is 34.6 Å². The van der Waals surface area contributed by atoms with Gasteiger partial charge >= 0.3 is 18.0 Å². The smallest absolute Gasteiger partial charge is 0.407 e. The van der Waals surface area contributed by atoms with Gasteiger partial charge in [-0.05, 0) is 59.4 Å². The molecule has 180 valence electrons. The first-order chi connectivity index (χ1) is 15.1. The number of carbonyl (C=O) groups excluding carboxylic acids is 3. The first kappa shape index (κ1) is 27.4. The summed E-state index contributed by atoms with van der Waals surface area (Å²) in [6, 6.07) is 9.86. The summed E-state index contributed by atoms with van der Waals surface area (Å²) in [5.74, 6) is -1.56. The number of ether oxygens (including phenoxy) is 4. The highest BCUT2D eigenvalue weighted by Crippen LogP contribution is 2.24. The van der Waals surface area contributed by atoms with Crippen LogP contribution < -0.4 is 5.32 Å². The third-order valence-corrected chi connectivity index (χ3v) is 4.39. The van der Waals surface area contributed by atoms with Crippen molar-refractivity contribution in [1.29, 1.82) is 0 Å². The van der Waals surface area contributed by atoms with Gasteiger partial charge in [-0.3, -0.25) is 0 Å². The van der Waals surface area contributed by atoms with Crippen molar-refractivity contribution in [3.8, 4) is 0 Å². The van der Waals surface area contributed by atoms with Gasteiger partial charge in [0, 0.05) is 19.6 Å². The lowest BCUT2D eigenvalue weighted by molar-refractivity contribution is -0.192. The zero-order valence-electron chi connectivity index (χ0n) is 19.9. The van der Waals surface area contributed by atoms with Gasteiger partial charge in [-0.2, -0.15) is 0 Å². The number of hydrogen-bond donors (Lipinski definition) is 1. The maximum Gasteiger partial charge on any atom is 0.407 e. The summed E-state index contributed by atoms with van der Waals surface area (Å²) in [5, 5.41) is 2.62. The van der Waals surface area contributed by atoms with Gasteiger partial charge < -0.3 is 24.3 Å². The van der Waals surface area contributed by atoms with Crippen molar-refractivity contribution in [3.05, 3.63) is 35.9 Å². The van der Waals surface area contributed by atoms with E-state index in [0.29, 0.717) is 6.42 Å². The van der Waals surface area contributed by atoms with Crippen molar-refractivity contribution in [1.82, 2.24) is 5.32 Å². The standard InChI is InChI=1S/C24H37NO7/c1-6-29-20(26)24(21(27)30-7-2,16-12-17-25-22(28)32-23(3,4)5)31-18-11-15-19-13-9-8-10-14-19/h8-10,13-14H,6-7,11-12,15-18H2,1-5H3,(H,25,28). The highest BCUT2D eigenvalue weighted by molar-refractivity contribution is 6.03. The molecule has 0 saturated heterocycles. The van der Waals surface area contributed by atoms with Crippen molar-refractivity contribution in [2.75, 3.05) is 26.4 Å². The second-order valence-electron chi connectivity index (χ2n) is 8.24. The van der Waals surface area contributed by atoms with Gasteiger partial charge in [0.05, 0.1) is 13.2 Å². The monoisotopic (exact) mass is 451 g/mol. The molecule has 1 aromatic carbocycles. The van der Waals surface area contributed by atoms with E-state index in [1.165, 1.54) is 0 Å². The average Bonchev–Trinajstić information content (AvgIpc) is 2.72. The van der Waals surface area contributed by atoms with Crippen molar-refractivity contribution < 1.29 is 33.3 Å². The van der Waals surface area contributed by atoms with Crippen LogP contribution >= 0.6 is 0 Å². The van der Waals surface area contributed by atoms with Crippen molar-refractivity contribution in [2.24, 2.45) is 0 Å². The number of esters is 2. The maximum atomic E-state index is 12.8. The number of hydrogen-bond acceptors (Lipinski definition) is 7. The molecule has 0 aliphatic rings. The summed E-state index contributed by atoms with van der Waals surface area (Å²) in [7, 11) is 0. The SMILES string of the molecule is CCOC(=O)C(CCCNC(=O)OC(C)(C)C)(OCCCc1ccccc1)C(=O)OCC. The lowest BCUT2D eigenvalue weighted by Gasteiger charge is -2.29. The molecule has 8 nitrogen and oxygen atoms in total. The maximum absolute atomic E-state index is 12.8. The molecule has 0 atom stereocenters. The van der Waals surface area contributed by atoms with Gasteiger partial charge in [0.25, 0.3) is 5.60 Å². The first-order valence-electron chi connectivity index (χ1n) is 11.1. The number of amides is 1. The zero-order valence-corrected chi connectivity index (χ0v) is 19.9. The summed E-state index contributed by atoms with van der Waals surface area (Å²) in [6.45, 7) is 9.19. The number of rotatable bonds is 13. The van der Waals surface area contributed by atoms with E-state index < -0.39 is 29.2 Å². The molecule has 0 bridgehead atoms. The Labute approximate surface area is 190 Å². The van der Waals surface area contributed by atoms with Crippen molar-refractivity contribution in [3.63, 3.8) is 0 Å². The van der Waals surface area contributed by atoms with Gasteiger partial charge in [-0.15, -0.1) is 0 Å². The number of nitrogens with one attached hydrogen (secondary N) is 1. The largest absolute Gasteiger partial charge is 0.463 e. The van der Waals surface area contributed by atoms with Gasteiger partial charge in [0.2, 0.25) is 0 Å². The molecule has 0 aliphatic heterocycles. The molecule has 1 amide bonds. The van der Waals surface area contributed by atoms with E-state index in [1.807, 2.05) is 30.3 Å². The summed E-state index contributed by atoms with van der Waals surface area (Å²) in [5.41, 5.74) is -1.36. The lowest BCUT2D eigenvalue weighted by atomic mass is 9.97. The highest BCUT2D eigenvalue weighted by Gasteiger charge is 2.50. The summed E-state index contributed by atoms with van der Waals surface area (Å²) < 4.78 is 21.4. The van der Waals surface area contributed by atoms with Crippen molar-refractivity contribution in [2.45, 2.75) is 71.5 Å². The van der Waals surface area contributed by atoms with Crippen LogP contribution in [-0.2, 0) is 35.0 Å². The summed E-state index contributed by atoms with van der Waals surface area (Å²) in [6.07, 6.45) is 1.07. The topological polar surface area (TPSA) is 100 Å². The number of benzene rings is 1. The van der Waals surface area contributed by atoms with Crippen LogP contribution in [-0.4, -0.2) is 55.6 Å². The Bertz CT molecular complexity index is 695. The average molecular weight is 452 g/mol. The summed E-state index contributed by atoms with van der Waals surface area (Å²) in [4.78, 5) is 37.5. The third kappa shape index (κ3) is 9.68. The minimum Gasteiger partial charge on any atom is -0.463 e. The van der Waals surface area contributed by atoms with Gasteiger partial charge in [-0.1, -0.05) is 30.3 Å². The molecule has 0 unspecified atom stereocenters. The van der Waals surface area contributed by atoms with Crippen LogP contribution in [0.25, 0.3) is 0 Å². The number of aryl methyl sites for hydroxylation is 1. The van der Waals surface area contributed by atoms with Crippen LogP contribution in [0.2, 0.25) is 0 Å². The second kappa shape index (κ2) is 13.7. The van der Waals surface area contributed by atoms with Crippen LogP contribution in [0.15, 0.2) is 30.3 Å². The summed E-state index contributed by atoms with van der Waals surface area (Å²) >= 11 is 0. The molecule has 0 aromatic heterocycles. The molecular weight excluding hydrogens is 414 g/mol. The second-order valence-corrected chi connectivity index (χ2v) is 8.24. The van der Waals surface area contributed by atoms with Crippen molar-refractivity contribution >= 4 is 18.0 Å². The first-order valence-corrected chi connectivity index (χ1v) is 11.1. The quantitative estimate of drug-likeness (QED) is 0.211. The molecule has 1 rings (SSSR count). The van der Waals surface area contributed by atoms with E-state index in [4.69, 9.17) is 18.9 Å². The fraction of sp³-hybridized carbons (Fsp3) is 0.625. The minimum absolute atomic E-state index is 0.00576.